The minimum Gasteiger partial charge on any atom is -0.378 e. The van der Waals surface area contributed by atoms with Crippen LogP contribution in [0.2, 0.25) is 0 Å². The summed E-state index contributed by atoms with van der Waals surface area (Å²) >= 11 is 0. The number of hydrogen-bond acceptors (Lipinski definition) is 4. The van der Waals surface area contributed by atoms with Crippen LogP contribution in [0.1, 0.15) is 31.7 Å². The molecule has 2 amide bonds. The lowest BCUT2D eigenvalue weighted by Gasteiger charge is -2.30. The van der Waals surface area contributed by atoms with Crippen molar-refractivity contribution in [2.45, 2.75) is 26.2 Å². The van der Waals surface area contributed by atoms with Crippen molar-refractivity contribution < 1.29 is 14.3 Å². The maximum Gasteiger partial charge on any atom is 0.233 e. The van der Waals surface area contributed by atoms with Crippen LogP contribution in [-0.2, 0) is 14.3 Å². The van der Waals surface area contributed by atoms with Gasteiger partial charge in [-0.25, -0.2) is 0 Å². The summed E-state index contributed by atoms with van der Waals surface area (Å²) in [4.78, 5) is 26.8. The lowest BCUT2D eigenvalue weighted by Crippen LogP contribution is -2.36. The van der Waals surface area contributed by atoms with Gasteiger partial charge in [0.05, 0.1) is 24.6 Å². The van der Waals surface area contributed by atoms with Crippen LogP contribution in [0.15, 0.2) is 48.5 Å². The topological polar surface area (TPSA) is 70.7 Å². The Hall–Kier alpha value is -2.86. The zero-order valence-electron chi connectivity index (χ0n) is 16.4. The molecule has 1 fully saturated rings. The number of carbonyl (C=O) groups is 2. The van der Waals surface area contributed by atoms with Gasteiger partial charge >= 0.3 is 0 Å². The second-order valence-corrected chi connectivity index (χ2v) is 7.17. The molecule has 1 heterocycles. The standard InChI is InChI=1S/C22H27N3O3/c1-16(2)17-7-9-18(10-8-17)23-21(26)15-22(27)24-19-5-3-4-6-20(19)25-11-13-28-14-12-25/h3-10,16H,11-15H2,1-2H3,(H,23,26)(H,24,27). The molecule has 2 aromatic rings. The van der Waals surface area contributed by atoms with E-state index in [4.69, 9.17) is 4.74 Å². The maximum absolute atomic E-state index is 12.4. The highest BCUT2D eigenvalue weighted by molar-refractivity contribution is 6.08. The Labute approximate surface area is 165 Å². The predicted molar refractivity (Wildman–Crippen MR) is 112 cm³/mol. The summed E-state index contributed by atoms with van der Waals surface area (Å²) in [6.07, 6.45) is -0.233. The van der Waals surface area contributed by atoms with Crippen molar-refractivity contribution in [3.05, 3.63) is 54.1 Å². The molecule has 0 saturated carbocycles. The summed E-state index contributed by atoms with van der Waals surface area (Å²) in [6.45, 7) is 7.12. The summed E-state index contributed by atoms with van der Waals surface area (Å²) in [7, 11) is 0. The molecule has 2 N–H and O–H groups in total. The summed E-state index contributed by atoms with van der Waals surface area (Å²) in [6, 6.07) is 15.3. The third-order valence-corrected chi connectivity index (χ3v) is 4.71. The van der Waals surface area contributed by atoms with Crippen molar-refractivity contribution in [3.8, 4) is 0 Å². The van der Waals surface area contributed by atoms with E-state index in [9.17, 15) is 9.59 Å². The first-order valence-corrected chi connectivity index (χ1v) is 9.64. The zero-order valence-corrected chi connectivity index (χ0v) is 16.4. The van der Waals surface area contributed by atoms with Crippen molar-refractivity contribution in [1.82, 2.24) is 0 Å². The van der Waals surface area contributed by atoms with Gasteiger partial charge in [-0.1, -0.05) is 38.1 Å². The van der Waals surface area contributed by atoms with E-state index in [0.717, 1.165) is 18.8 Å². The monoisotopic (exact) mass is 381 g/mol. The molecule has 3 rings (SSSR count). The van der Waals surface area contributed by atoms with Crippen LogP contribution in [0.4, 0.5) is 17.1 Å². The normalized spacial score (nSPS) is 14.0. The number of hydrogen-bond donors (Lipinski definition) is 2. The Morgan fingerprint density at radius 2 is 1.61 bits per heavy atom. The van der Waals surface area contributed by atoms with E-state index in [2.05, 4.69) is 29.4 Å². The summed E-state index contributed by atoms with van der Waals surface area (Å²) in [5.74, 6) is -0.238. The first kappa shape index (κ1) is 19.9. The Morgan fingerprint density at radius 1 is 0.964 bits per heavy atom. The van der Waals surface area contributed by atoms with Gasteiger partial charge in [0.2, 0.25) is 11.8 Å². The number of ether oxygens (including phenoxy) is 1. The van der Waals surface area contributed by atoms with Crippen molar-refractivity contribution in [2.24, 2.45) is 0 Å². The van der Waals surface area contributed by atoms with E-state index in [1.54, 1.807) is 0 Å². The molecule has 0 spiro atoms. The van der Waals surface area contributed by atoms with Crippen LogP contribution in [0.25, 0.3) is 0 Å². The number of amides is 2. The number of carbonyl (C=O) groups excluding carboxylic acids is 2. The zero-order chi connectivity index (χ0) is 19.9. The van der Waals surface area contributed by atoms with Crippen molar-refractivity contribution >= 4 is 28.9 Å². The van der Waals surface area contributed by atoms with Crippen LogP contribution >= 0.6 is 0 Å². The van der Waals surface area contributed by atoms with E-state index in [1.807, 2.05) is 48.5 Å². The molecule has 0 radical (unpaired) electrons. The average molecular weight is 381 g/mol. The van der Waals surface area contributed by atoms with Gasteiger partial charge in [-0.05, 0) is 35.7 Å². The summed E-state index contributed by atoms with van der Waals surface area (Å²) in [5.41, 5.74) is 3.55. The number of morpholine rings is 1. The first-order chi connectivity index (χ1) is 13.5. The maximum atomic E-state index is 12.4. The van der Waals surface area contributed by atoms with Gasteiger partial charge in [-0.2, -0.15) is 0 Å². The summed E-state index contributed by atoms with van der Waals surface area (Å²) < 4.78 is 5.39. The number of anilines is 3. The SMILES string of the molecule is CC(C)c1ccc(NC(=O)CC(=O)Nc2ccccc2N2CCOCC2)cc1. The molecule has 0 bridgehead atoms. The molecule has 28 heavy (non-hydrogen) atoms. The molecule has 2 aromatic carbocycles. The largest absolute Gasteiger partial charge is 0.378 e. The van der Waals surface area contributed by atoms with Crippen LogP contribution in [0.3, 0.4) is 0 Å². The molecule has 0 aliphatic carbocycles. The van der Waals surface area contributed by atoms with E-state index in [-0.39, 0.29) is 18.2 Å². The highest BCUT2D eigenvalue weighted by Gasteiger charge is 2.17. The number of benzene rings is 2. The van der Waals surface area contributed by atoms with E-state index in [0.29, 0.717) is 30.5 Å². The number of para-hydroxylation sites is 2. The van der Waals surface area contributed by atoms with Gasteiger partial charge in [0.15, 0.2) is 0 Å². The Bertz CT molecular complexity index is 812. The van der Waals surface area contributed by atoms with E-state index < -0.39 is 0 Å². The summed E-state index contributed by atoms with van der Waals surface area (Å²) in [5, 5.41) is 5.64. The second kappa shape index (κ2) is 9.37. The van der Waals surface area contributed by atoms with Gasteiger partial charge in [0.25, 0.3) is 0 Å². The number of nitrogens with zero attached hydrogens (tertiary/aromatic N) is 1. The molecule has 0 atom stereocenters. The molecular formula is C22H27N3O3. The third-order valence-electron chi connectivity index (χ3n) is 4.71. The fourth-order valence-corrected chi connectivity index (χ4v) is 3.16. The first-order valence-electron chi connectivity index (χ1n) is 9.64. The molecular weight excluding hydrogens is 354 g/mol. The van der Waals surface area contributed by atoms with Crippen LogP contribution < -0.4 is 15.5 Å². The molecule has 0 unspecified atom stereocenters. The van der Waals surface area contributed by atoms with Crippen LogP contribution in [0, 0.1) is 0 Å². The molecule has 1 saturated heterocycles. The molecule has 1 aliphatic rings. The van der Waals surface area contributed by atoms with Gasteiger partial charge < -0.3 is 20.3 Å². The fraction of sp³-hybridized carbons (Fsp3) is 0.364. The fourth-order valence-electron chi connectivity index (χ4n) is 3.16. The van der Waals surface area contributed by atoms with Crippen molar-refractivity contribution in [1.29, 1.82) is 0 Å². The van der Waals surface area contributed by atoms with E-state index >= 15 is 0 Å². The van der Waals surface area contributed by atoms with Crippen LogP contribution in [-0.4, -0.2) is 38.1 Å². The second-order valence-electron chi connectivity index (χ2n) is 7.17. The Morgan fingerprint density at radius 3 is 2.29 bits per heavy atom. The van der Waals surface area contributed by atoms with Crippen molar-refractivity contribution in [2.75, 3.05) is 41.8 Å². The Balaban J connectivity index is 1.57. The van der Waals surface area contributed by atoms with E-state index in [1.165, 1.54) is 5.56 Å². The quantitative estimate of drug-likeness (QED) is 0.750. The van der Waals surface area contributed by atoms with Gasteiger partial charge in [0, 0.05) is 18.8 Å². The lowest BCUT2D eigenvalue weighted by atomic mass is 10.0. The van der Waals surface area contributed by atoms with Crippen molar-refractivity contribution in [3.63, 3.8) is 0 Å². The molecule has 6 nitrogen and oxygen atoms in total. The molecule has 6 heteroatoms. The number of rotatable bonds is 6. The van der Waals surface area contributed by atoms with Crippen LogP contribution in [0.5, 0.6) is 0 Å². The smallest absolute Gasteiger partial charge is 0.233 e. The minimum absolute atomic E-state index is 0.233. The Kier molecular flexibility index (Phi) is 6.66. The minimum atomic E-state index is -0.336. The molecule has 1 aliphatic heterocycles. The van der Waals surface area contributed by atoms with Gasteiger partial charge in [-0.15, -0.1) is 0 Å². The molecule has 0 aromatic heterocycles. The predicted octanol–water partition coefficient (Wildman–Crippen LogP) is 3.61. The van der Waals surface area contributed by atoms with Gasteiger partial charge in [-0.3, -0.25) is 9.59 Å². The average Bonchev–Trinajstić information content (AvgIpc) is 2.69. The van der Waals surface area contributed by atoms with Gasteiger partial charge in [0.1, 0.15) is 6.42 Å². The molecule has 148 valence electrons. The number of nitrogens with one attached hydrogen (secondary N) is 2. The lowest BCUT2D eigenvalue weighted by molar-refractivity contribution is -0.123. The third kappa shape index (κ3) is 5.33. The highest BCUT2D eigenvalue weighted by Crippen LogP contribution is 2.26. The highest BCUT2D eigenvalue weighted by atomic mass is 16.5.